The normalized spacial score (nSPS) is 17.8. The number of sulfonamides is 1. The maximum Gasteiger partial charge on any atom is 0.407 e. The molecule has 1 atom stereocenters. The van der Waals surface area contributed by atoms with Crippen LogP contribution in [-0.2, 0) is 19.5 Å². The van der Waals surface area contributed by atoms with E-state index in [4.69, 9.17) is 9.47 Å². The summed E-state index contributed by atoms with van der Waals surface area (Å²) < 4.78 is 37.4. The highest BCUT2D eigenvalue weighted by Gasteiger charge is 2.18. The van der Waals surface area contributed by atoms with Gasteiger partial charge in [0, 0.05) is 39.8 Å². The van der Waals surface area contributed by atoms with Gasteiger partial charge in [0.1, 0.15) is 5.60 Å². The van der Waals surface area contributed by atoms with Gasteiger partial charge in [0.05, 0.1) is 11.9 Å². The van der Waals surface area contributed by atoms with Crippen LogP contribution in [0.1, 0.15) is 40.0 Å². The molecule has 0 bridgehead atoms. The van der Waals surface area contributed by atoms with Crippen LogP contribution in [0.5, 0.6) is 0 Å². The molecular formula is C17H36IN5O5S. The smallest absolute Gasteiger partial charge is 0.407 e. The third kappa shape index (κ3) is 14.7. The van der Waals surface area contributed by atoms with Gasteiger partial charge in [-0.05, 0) is 40.0 Å². The van der Waals surface area contributed by atoms with Crippen molar-refractivity contribution in [1.82, 2.24) is 20.7 Å². The van der Waals surface area contributed by atoms with Gasteiger partial charge >= 0.3 is 6.09 Å². The lowest BCUT2D eigenvalue weighted by Gasteiger charge is -2.22. The number of rotatable bonds is 9. The van der Waals surface area contributed by atoms with Crippen molar-refractivity contribution in [1.29, 1.82) is 0 Å². The third-order valence-electron chi connectivity index (χ3n) is 3.78. The zero-order valence-corrected chi connectivity index (χ0v) is 20.9. The Hall–Kier alpha value is -0.860. The van der Waals surface area contributed by atoms with Gasteiger partial charge in [0.2, 0.25) is 10.0 Å². The molecule has 10 nitrogen and oxygen atoms in total. The molecule has 29 heavy (non-hydrogen) atoms. The van der Waals surface area contributed by atoms with Crippen molar-refractivity contribution < 1.29 is 22.7 Å². The predicted octanol–water partition coefficient (Wildman–Crippen LogP) is 0.783. The van der Waals surface area contributed by atoms with Crippen molar-refractivity contribution in [3.8, 4) is 0 Å². The standard InChI is InChI=1S/C17H35N5O5S.HI/c1-17(2,3)27-16(23)21-9-8-19-15(18-4)20-10-12-28(24,25)22-13-14-7-5-6-11-26-14;/h14,22H,5-13H2,1-4H3,(H,21,23)(H2,18,19,20);1H. The maximum atomic E-state index is 12.1. The highest BCUT2D eigenvalue weighted by atomic mass is 127. The Morgan fingerprint density at radius 3 is 2.38 bits per heavy atom. The second-order valence-corrected chi connectivity index (χ2v) is 9.44. The molecule has 1 aliphatic heterocycles. The third-order valence-corrected chi connectivity index (χ3v) is 5.13. The molecular weight excluding hydrogens is 513 g/mol. The first-order valence-electron chi connectivity index (χ1n) is 9.61. The Morgan fingerprint density at radius 1 is 1.14 bits per heavy atom. The molecule has 1 amide bonds. The summed E-state index contributed by atoms with van der Waals surface area (Å²) in [7, 11) is -1.80. The summed E-state index contributed by atoms with van der Waals surface area (Å²) in [5.74, 6) is 0.383. The van der Waals surface area contributed by atoms with Crippen LogP contribution < -0.4 is 20.7 Å². The summed E-state index contributed by atoms with van der Waals surface area (Å²) >= 11 is 0. The minimum absolute atomic E-state index is 0. The van der Waals surface area contributed by atoms with Crippen molar-refractivity contribution in [3.05, 3.63) is 0 Å². The monoisotopic (exact) mass is 549 g/mol. The van der Waals surface area contributed by atoms with E-state index >= 15 is 0 Å². The van der Waals surface area contributed by atoms with Gasteiger partial charge in [-0.25, -0.2) is 17.9 Å². The first-order valence-corrected chi connectivity index (χ1v) is 11.3. The number of halogens is 1. The van der Waals surface area contributed by atoms with Gasteiger partial charge in [0.25, 0.3) is 0 Å². The fourth-order valence-electron chi connectivity index (χ4n) is 2.44. The molecule has 1 unspecified atom stereocenters. The molecule has 1 heterocycles. The summed E-state index contributed by atoms with van der Waals surface area (Å²) in [6.45, 7) is 7.36. The van der Waals surface area contributed by atoms with E-state index in [9.17, 15) is 13.2 Å². The molecule has 1 fully saturated rings. The van der Waals surface area contributed by atoms with Crippen molar-refractivity contribution in [3.63, 3.8) is 0 Å². The number of carbonyl (C=O) groups excluding carboxylic acids is 1. The zero-order chi connectivity index (χ0) is 21.0. The van der Waals surface area contributed by atoms with Gasteiger partial charge in [-0.3, -0.25) is 4.99 Å². The minimum Gasteiger partial charge on any atom is -0.444 e. The van der Waals surface area contributed by atoms with Crippen LogP contribution in [-0.4, -0.2) is 77.8 Å². The van der Waals surface area contributed by atoms with E-state index in [0.717, 1.165) is 19.3 Å². The lowest BCUT2D eigenvalue weighted by Crippen LogP contribution is -2.44. The molecule has 1 rings (SSSR count). The average molecular weight is 549 g/mol. The first-order chi connectivity index (χ1) is 13.1. The second kappa shape index (κ2) is 14.2. The Labute approximate surface area is 191 Å². The van der Waals surface area contributed by atoms with Gasteiger partial charge in [-0.1, -0.05) is 0 Å². The molecule has 172 valence electrons. The SMILES string of the molecule is CN=C(NCCNC(=O)OC(C)(C)C)NCCS(=O)(=O)NCC1CCCCO1.I. The van der Waals surface area contributed by atoms with Gasteiger partial charge in [-0.15, -0.1) is 24.0 Å². The van der Waals surface area contributed by atoms with E-state index in [1.165, 1.54) is 0 Å². The summed E-state index contributed by atoms with van der Waals surface area (Å²) in [6.07, 6.45) is 2.46. The van der Waals surface area contributed by atoms with Crippen LogP contribution in [0, 0.1) is 0 Å². The maximum absolute atomic E-state index is 12.1. The summed E-state index contributed by atoms with van der Waals surface area (Å²) in [4.78, 5) is 15.6. The zero-order valence-electron chi connectivity index (χ0n) is 17.7. The summed E-state index contributed by atoms with van der Waals surface area (Å²) in [6, 6.07) is 0. The largest absolute Gasteiger partial charge is 0.444 e. The van der Waals surface area contributed by atoms with Crippen LogP contribution in [0.15, 0.2) is 4.99 Å². The summed E-state index contributed by atoms with van der Waals surface area (Å²) in [5.41, 5.74) is -0.544. The lowest BCUT2D eigenvalue weighted by atomic mass is 10.1. The average Bonchev–Trinajstić information content (AvgIpc) is 2.61. The van der Waals surface area contributed by atoms with Gasteiger partial charge in [-0.2, -0.15) is 0 Å². The Balaban J connectivity index is 0.00000784. The molecule has 12 heteroatoms. The number of hydrogen-bond donors (Lipinski definition) is 4. The van der Waals surface area contributed by atoms with Crippen molar-refractivity contribution >= 4 is 46.1 Å². The Morgan fingerprint density at radius 2 is 1.79 bits per heavy atom. The highest BCUT2D eigenvalue weighted by Crippen LogP contribution is 2.11. The number of alkyl carbamates (subject to hydrolysis) is 1. The number of ether oxygens (including phenoxy) is 2. The number of nitrogens with zero attached hydrogens (tertiary/aromatic N) is 1. The molecule has 1 saturated heterocycles. The van der Waals surface area contributed by atoms with Crippen molar-refractivity contribution in [2.45, 2.75) is 51.7 Å². The van der Waals surface area contributed by atoms with Crippen LogP contribution in [0.4, 0.5) is 4.79 Å². The molecule has 0 aromatic carbocycles. The number of carbonyl (C=O) groups is 1. The molecule has 0 aromatic heterocycles. The molecule has 1 aliphatic rings. The quantitative estimate of drug-likeness (QED) is 0.145. The van der Waals surface area contributed by atoms with Gasteiger partial charge in [0.15, 0.2) is 5.96 Å². The highest BCUT2D eigenvalue weighted by molar-refractivity contribution is 14.0. The molecule has 0 radical (unpaired) electrons. The molecule has 0 aliphatic carbocycles. The van der Waals surface area contributed by atoms with E-state index in [2.05, 4.69) is 25.7 Å². The van der Waals surface area contributed by atoms with Crippen LogP contribution in [0.25, 0.3) is 0 Å². The van der Waals surface area contributed by atoms with E-state index in [-0.39, 0.29) is 42.4 Å². The van der Waals surface area contributed by atoms with Crippen molar-refractivity contribution in [2.75, 3.05) is 45.6 Å². The lowest BCUT2D eigenvalue weighted by molar-refractivity contribution is 0.0200. The van der Waals surface area contributed by atoms with E-state index in [1.54, 1.807) is 27.8 Å². The molecule has 4 N–H and O–H groups in total. The second-order valence-electron chi connectivity index (χ2n) is 7.51. The fraction of sp³-hybridized carbons (Fsp3) is 0.882. The van der Waals surface area contributed by atoms with Crippen molar-refractivity contribution in [2.24, 2.45) is 4.99 Å². The number of nitrogens with one attached hydrogen (secondary N) is 4. The number of hydrogen-bond acceptors (Lipinski definition) is 6. The Kier molecular flexibility index (Phi) is 13.8. The number of aliphatic imine (C=N–C) groups is 1. The topological polar surface area (TPSA) is 130 Å². The number of amides is 1. The first kappa shape index (κ1) is 28.1. The van der Waals surface area contributed by atoms with E-state index < -0.39 is 21.7 Å². The fourth-order valence-corrected chi connectivity index (χ4v) is 3.40. The van der Waals surface area contributed by atoms with E-state index in [1.807, 2.05) is 0 Å². The van der Waals surface area contributed by atoms with Gasteiger partial charge < -0.3 is 25.4 Å². The predicted molar refractivity (Wildman–Crippen MR) is 124 cm³/mol. The van der Waals surface area contributed by atoms with Crippen LogP contribution >= 0.6 is 24.0 Å². The minimum atomic E-state index is -3.39. The Bertz CT molecular complexity index is 604. The van der Waals surface area contributed by atoms with Crippen LogP contribution in [0.3, 0.4) is 0 Å². The molecule has 0 saturated carbocycles. The van der Waals surface area contributed by atoms with Crippen LogP contribution in [0.2, 0.25) is 0 Å². The van der Waals surface area contributed by atoms with E-state index in [0.29, 0.717) is 32.2 Å². The number of guanidine groups is 1. The molecule has 0 spiro atoms. The molecule has 0 aromatic rings. The summed E-state index contributed by atoms with van der Waals surface area (Å²) in [5, 5.41) is 8.55.